The predicted octanol–water partition coefficient (Wildman–Crippen LogP) is 3.33. The van der Waals surface area contributed by atoms with Gasteiger partial charge in [0.2, 0.25) is 5.95 Å². The number of aryl methyl sites for hydroxylation is 1. The van der Waals surface area contributed by atoms with Crippen molar-refractivity contribution in [3.8, 4) is 0 Å². The molecule has 0 bridgehead atoms. The number of hydrogen-bond acceptors (Lipinski definition) is 3. The van der Waals surface area contributed by atoms with Gasteiger partial charge in [-0.1, -0.05) is 12.1 Å². The number of imidazole rings is 2. The van der Waals surface area contributed by atoms with Crippen LogP contribution in [0, 0.1) is 12.8 Å². The molecule has 6 heteroatoms. The van der Waals surface area contributed by atoms with Crippen molar-refractivity contribution in [2.24, 2.45) is 5.92 Å². The van der Waals surface area contributed by atoms with Gasteiger partial charge in [-0.15, -0.1) is 0 Å². The highest BCUT2D eigenvalue weighted by Gasteiger charge is 2.31. The molecule has 1 aliphatic rings. The lowest BCUT2D eigenvalue weighted by Gasteiger charge is -2.25. The van der Waals surface area contributed by atoms with E-state index in [9.17, 15) is 4.79 Å². The molecule has 1 fully saturated rings. The van der Waals surface area contributed by atoms with Crippen LogP contribution in [-0.2, 0) is 16.9 Å². The van der Waals surface area contributed by atoms with E-state index in [-0.39, 0.29) is 5.91 Å². The van der Waals surface area contributed by atoms with Crippen molar-refractivity contribution in [2.75, 3.05) is 5.32 Å². The first-order valence-electron chi connectivity index (χ1n) is 8.73. The minimum atomic E-state index is -0.746. The molecule has 3 aromatic rings. The van der Waals surface area contributed by atoms with Crippen LogP contribution in [0.25, 0.3) is 11.0 Å². The Morgan fingerprint density at radius 1 is 1.32 bits per heavy atom. The number of rotatable bonds is 5. The van der Waals surface area contributed by atoms with E-state index >= 15 is 0 Å². The number of benzene rings is 1. The third-order valence-electron chi connectivity index (χ3n) is 4.93. The second-order valence-electron chi connectivity index (χ2n) is 7.41. The highest BCUT2D eigenvalue weighted by molar-refractivity contribution is 5.96. The van der Waals surface area contributed by atoms with Gasteiger partial charge in [0.05, 0.1) is 23.1 Å². The number of aromatic nitrogens is 4. The van der Waals surface area contributed by atoms with Gasteiger partial charge in [0.15, 0.2) is 0 Å². The van der Waals surface area contributed by atoms with Gasteiger partial charge in [-0.3, -0.25) is 10.1 Å². The summed E-state index contributed by atoms with van der Waals surface area (Å²) >= 11 is 0. The van der Waals surface area contributed by atoms with Crippen LogP contribution in [-0.4, -0.2) is 25.0 Å². The Balaban J connectivity index is 1.66. The van der Waals surface area contributed by atoms with Crippen molar-refractivity contribution in [2.45, 2.75) is 45.7 Å². The molecule has 25 heavy (non-hydrogen) atoms. The Bertz CT molecular complexity index is 932. The third-order valence-corrected chi connectivity index (χ3v) is 4.93. The highest BCUT2D eigenvalue weighted by Crippen LogP contribution is 2.33. The van der Waals surface area contributed by atoms with Gasteiger partial charge in [0.25, 0.3) is 5.91 Å². The van der Waals surface area contributed by atoms with E-state index in [2.05, 4.69) is 25.9 Å². The summed E-state index contributed by atoms with van der Waals surface area (Å²) in [6, 6.07) is 8.03. The van der Waals surface area contributed by atoms with Crippen LogP contribution < -0.4 is 5.32 Å². The molecule has 1 aliphatic carbocycles. The summed E-state index contributed by atoms with van der Waals surface area (Å²) < 4.78 is 3.98. The molecule has 1 N–H and O–H groups in total. The summed E-state index contributed by atoms with van der Waals surface area (Å²) in [7, 11) is 0. The number of hydrogen-bond donors (Lipinski definition) is 1. The first-order valence-corrected chi connectivity index (χ1v) is 8.73. The fourth-order valence-corrected chi connectivity index (χ4v) is 3.01. The summed E-state index contributed by atoms with van der Waals surface area (Å²) in [5, 5.41) is 3.05. The molecule has 1 amide bonds. The molecular weight excluding hydrogens is 314 g/mol. The summed E-state index contributed by atoms with van der Waals surface area (Å²) in [4.78, 5) is 21.8. The molecule has 1 aromatic carbocycles. The monoisotopic (exact) mass is 337 g/mol. The van der Waals surface area contributed by atoms with Gasteiger partial charge in [-0.2, -0.15) is 0 Å². The van der Waals surface area contributed by atoms with Crippen LogP contribution in [0.3, 0.4) is 0 Å². The van der Waals surface area contributed by atoms with E-state index in [0.717, 1.165) is 23.3 Å². The first kappa shape index (κ1) is 15.9. The molecule has 0 radical (unpaired) electrons. The number of para-hydroxylation sites is 2. The lowest BCUT2D eigenvalue weighted by Crippen LogP contribution is -2.40. The van der Waals surface area contributed by atoms with Crippen LogP contribution in [0.5, 0.6) is 0 Å². The van der Waals surface area contributed by atoms with E-state index in [1.807, 2.05) is 49.7 Å². The Hall–Kier alpha value is -2.63. The normalized spacial score (nSPS) is 14.8. The number of amides is 1. The summed E-state index contributed by atoms with van der Waals surface area (Å²) in [5.41, 5.74) is 2.13. The zero-order chi connectivity index (χ0) is 17.6. The van der Waals surface area contributed by atoms with E-state index < -0.39 is 5.54 Å². The zero-order valence-electron chi connectivity index (χ0n) is 14.9. The molecule has 2 aromatic heterocycles. The number of nitrogens with one attached hydrogen (secondary N) is 1. The molecule has 0 unspecified atom stereocenters. The Labute approximate surface area is 146 Å². The average Bonchev–Trinajstić information content (AvgIpc) is 3.19. The Morgan fingerprint density at radius 3 is 2.76 bits per heavy atom. The second kappa shape index (κ2) is 5.72. The average molecular weight is 337 g/mol. The number of anilines is 1. The van der Waals surface area contributed by atoms with E-state index in [1.54, 1.807) is 6.33 Å². The first-order chi connectivity index (χ1) is 11.9. The molecule has 6 nitrogen and oxygen atoms in total. The van der Waals surface area contributed by atoms with Gasteiger partial charge >= 0.3 is 0 Å². The maximum atomic E-state index is 13.0. The third kappa shape index (κ3) is 2.92. The van der Waals surface area contributed by atoms with Gasteiger partial charge in [0, 0.05) is 12.7 Å². The fraction of sp³-hybridized carbons (Fsp3) is 0.421. The Morgan fingerprint density at radius 2 is 2.08 bits per heavy atom. The molecule has 4 rings (SSSR count). The SMILES string of the molecule is Cc1cn(C(C)(C)C(=O)Nc2nc3ccccc3n2CC2CC2)cn1. The molecule has 2 heterocycles. The summed E-state index contributed by atoms with van der Waals surface area (Å²) in [6.45, 7) is 6.59. The molecular formula is C19H23N5O. The van der Waals surface area contributed by atoms with Crippen LogP contribution in [0.4, 0.5) is 5.95 Å². The standard InChI is InChI=1S/C19H23N5O/c1-13-10-23(12-20-13)19(2,3)17(25)22-18-21-15-6-4-5-7-16(15)24(18)11-14-8-9-14/h4-7,10,12,14H,8-9,11H2,1-3H3,(H,21,22,25). The quantitative estimate of drug-likeness (QED) is 0.777. The summed E-state index contributed by atoms with van der Waals surface area (Å²) in [5.74, 6) is 1.22. The topological polar surface area (TPSA) is 64.7 Å². The van der Waals surface area contributed by atoms with Crippen molar-refractivity contribution in [3.05, 3.63) is 42.5 Å². The Kier molecular flexibility index (Phi) is 3.63. The number of nitrogens with zero attached hydrogens (tertiary/aromatic N) is 4. The van der Waals surface area contributed by atoms with Crippen molar-refractivity contribution in [1.29, 1.82) is 0 Å². The van der Waals surface area contributed by atoms with Crippen molar-refractivity contribution in [1.82, 2.24) is 19.1 Å². The van der Waals surface area contributed by atoms with E-state index in [0.29, 0.717) is 11.9 Å². The van der Waals surface area contributed by atoms with E-state index in [4.69, 9.17) is 0 Å². The smallest absolute Gasteiger partial charge is 0.252 e. The lowest BCUT2D eigenvalue weighted by molar-refractivity contribution is -0.123. The molecule has 1 saturated carbocycles. The summed E-state index contributed by atoms with van der Waals surface area (Å²) in [6.07, 6.45) is 6.08. The maximum Gasteiger partial charge on any atom is 0.252 e. The lowest BCUT2D eigenvalue weighted by atomic mass is 10.0. The van der Waals surface area contributed by atoms with Crippen molar-refractivity contribution >= 4 is 22.9 Å². The molecule has 0 aliphatic heterocycles. The largest absolute Gasteiger partial charge is 0.323 e. The second-order valence-corrected chi connectivity index (χ2v) is 7.41. The number of carbonyl (C=O) groups is 1. The molecule has 0 atom stereocenters. The van der Waals surface area contributed by atoms with Crippen molar-refractivity contribution in [3.63, 3.8) is 0 Å². The van der Waals surface area contributed by atoms with Gasteiger partial charge < -0.3 is 9.13 Å². The number of carbonyl (C=O) groups excluding carboxylic acids is 1. The fourth-order valence-electron chi connectivity index (χ4n) is 3.01. The van der Waals surface area contributed by atoms with Crippen LogP contribution in [0.2, 0.25) is 0 Å². The minimum Gasteiger partial charge on any atom is -0.323 e. The number of fused-ring (bicyclic) bond motifs is 1. The highest BCUT2D eigenvalue weighted by atomic mass is 16.2. The zero-order valence-corrected chi connectivity index (χ0v) is 14.9. The molecule has 130 valence electrons. The molecule has 0 spiro atoms. The van der Waals surface area contributed by atoms with E-state index in [1.165, 1.54) is 12.8 Å². The van der Waals surface area contributed by atoms with Crippen molar-refractivity contribution < 1.29 is 4.79 Å². The van der Waals surface area contributed by atoms with Gasteiger partial charge in [-0.25, -0.2) is 9.97 Å². The van der Waals surface area contributed by atoms with Crippen LogP contribution in [0.15, 0.2) is 36.8 Å². The minimum absolute atomic E-state index is 0.0998. The van der Waals surface area contributed by atoms with Crippen LogP contribution in [0.1, 0.15) is 32.4 Å². The van der Waals surface area contributed by atoms with Gasteiger partial charge in [0.1, 0.15) is 5.54 Å². The molecule has 0 saturated heterocycles. The predicted molar refractivity (Wildman–Crippen MR) is 97.4 cm³/mol. The van der Waals surface area contributed by atoms with Crippen LogP contribution >= 0.6 is 0 Å². The maximum absolute atomic E-state index is 13.0. The van der Waals surface area contributed by atoms with Gasteiger partial charge in [-0.05, 0) is 51.7 Å².